The van der Waals surface area contributed by atoms with Gasteiger partial charge in [0.25, 0.3) is 5.91 Å². The quantitative estimate of drug-likeness (QED) is 0.419. The van der Waals surface area contributed by atoms with Crippen LogP contribution < -0.4 is 16.2 Å². The fraction of sp³-hybridized carbons (Fsp3) is 0.130. The number of benzene rings is 3. The molecule has 5 rings (SSSR count). The SMILES string of the molecule is NC(N)=NC(=O)c1ccc2c3ccccc3n(CC3Cc4ccccc4O3)c2c1. The molecule has 0 radical (unpaired) electrons. The Labute approximate surface area is 167 Å². The van der Waals surface area contributed by atoms with Crippen LogP contribution in [0, 0.1) is 0 Å². The molecule has 1 aliphatic heterocycles. The molecule has 0 saturated heterocycles. The van der Waals surface area contributed by atoms with Crippen LogP contribution in [0.5, 0.6) is 5.75 Å². The summed E-state index contributed by atoms with van der Waals surface area (Å²) in [6, 6.07) is 21.9. The zero-order valence-electron chi connectivity index (χ0n) is 15.7. The summed E-state index contributed by atoms with van der Waals surface area (Å²) >= 11 is 0. The molecule has 6 nitrogen and oxygen atoms in total. The molecule has 0 spiro atoms. The Bertz CT molecular complexity index is 1260. The largest absolute Gasteiger partial charge is 0.488 e. The first-order chi connectivity index (χ1) is 14.1. The number of nitrogens with zero attached hydrogens (tertiary/aromatic N) is 2. The maximum absolute atomic E-state index is 12.3. The van der Waals surface area contributed by atoms with Crippen LogP contribution in [0.25, 0.3) is 21.8 Å². The van der Waals surface area contributed by atoms with Crippen molar-refractivity contribution in [2.75, 3.05) is 0 Å². The third kappa shape index (κ3) is 2.99. The van der Waals surface area contributed by atoms with Crippen molar-refractivity contribution >= 4 is 33.7 Å². The molecule has 0 bridgehead atoms. The van der Waals surface area contributed by atoms with Crippen molar-refractivity contribution in [2.24, 2.45) is 16.5 Å². The standard InChI is InChI=1S/C23H20N4O2/c24-23(25)26-22(28)15-9-10-18-17-6-2-3-7-19(17)27(20(18)12-15)13-16-11-14-5-1-4-8-21(14)29-16/h1-10,12,16H,11,13H2,(H4,24,25,26,28). The van der Waals surface area contributed by atoms with Crippen LogP contribution >= 0.6 is 0 Å². The first kappa shape index (κ1) is 17.3. The van der Waals surface area contributed by atoms with Crippen LogP contribution in [-0.2, 0) is 13.0 Å². The summed E-state index contributed by atoms with van der Waals surface area (Å²) in [6.07, 6.45) is 0.889. The normalized spacial score (nSPS) is 15.2. The fourth-order valence-electron chi connectivity index (χ4n) is 4.12. The predicted octanol–water partition coefficient (Wildman–Crippen LogP) is 3.21. The van der Waals surface area contributed by atoms with E-state index in [0.717, 1.165) is 34.0 Å². The van der Waals surface area contributed by atoms with E-state index in [9.17, 15) is 4.79 Å². The van der Waals surface area contributed by atoms with Gasteiger partial charge in [-0.3, -0.25) is 4.79 Å². The molecule has 4 N–H and O–H groups in total. The highest BCUT2D eigenvalue weighted by Gasteiger charge is 2.24. The number of guanidine groups is 1. The van der Waals surface area contributed by atoms with E-state index in [0.29, 0.717) is 12.1 Å². The molecule has 1 aromatic heterocycles. The van der Waals surface area contributed by atoms with E-state index in [2.05, 4.69) is 27.8 Å². The number of aliphatic imine (C=N–C) groups is 1. The van der Waals surface area contributed by atoms with Crippen molar-refractivity contribution in [3.05, 3.63) is 77.9 Å². The van der Waals surface area contributed by atoms with E-state index >= 15 is 0 Å². The number of rotatable bonds is 3. The van der Waals surface area contributed by atoms with Gasteiger partial charge in [-0.15, -0.1) is 0 Å². The molecule has 3 aromatic carbocycles. The van der Waals surface area contributed by atoms with Gasteiger partial charge < -0.3 is 20.8 Å². The van der Waals surface area contributed by atoms with E-state index < -0.39 is 5.91 Å². The van der Waals surface area contributed by atoms with E-state index in [-0.39, 0.29) is 12.1 Å². The van der Waals surface area contributed by atoms with Gasteiger partial charge in [-0.1, -0.05) is 42.5 Å². The number of hydrogen-bond acceptors (Lipinski definition) is 2. The van der Waals surface area contributed by atoms with E-state index in [4.69, 9.17) is 16.2 Å². The average molecular weight is 384 g/mol. The van der Waals surface area contributed by atoms with Gasteiger partial charge in [0.2, 0.25) is 0 Å². The first-order valence-electron chi connectivity index (χ1n) is 9.49. The smallest absolute Gasteiger partial charge is 0.280 e. The van der Waals surface area contributed by atoms with Gasteiger partial charge >= 0.3 is 0 Å². The zero-order chi connectivity index (χ0) is 20.0. The Kier molecular flexibility index (Phi) is 3.98. The van der Waals surface area contributed by atoms with Crippen LogP contribution in [0.4, 0.5) is 0 Å². The highest BCUT2D eigenvalue weighted by Crippen LogP contribution is 2.33. The van der Waals surface area contributed by atoms with Gasteiger partial charge in [-0.05, 0) is 29.8 Å². The van der Waals surface area contributed by atoms with Crippen molar-refractivity contribution in [3.8, 4) is 5.75 Å². The second kappa shape index (κ2) is 6.67. The van der Waals surface area contributed by atoms with Gasteiger partial charge in [-0.25, -0.2) is 0 Å². The number of carbonyl (C=O) groups excluding carboxylic acids is 1. The van der Waals surface area contributed by atoms with Crippen LogP contribution in [0.15, 0.2) is 71.7 Å². The molecule has 0 fully saturated rings. The number of aromatic nitrogens is 1. The average Bonchev–Trinajstić information content (AvgIpc) is 3.26. The molecule has 6 heteroatoms. The van der Waals surface area contributed by atoms with Crippen molar-refractivity contribution < 1.29 is 9.53 Å². The first-order valence-corrected chi connectivity index (χ1v) is 9.49. The Morgan fingerprint density at radius 1 is 1.00 bits per heavy atom. The third-order valence-corrected chi connectivity index (χ3v) is 5.35. The highest BCUT2D eigenvalue weighted by atomic mass is 16.5. The fourth-order valence-corrected chi connectivity index (χ4v) is 4.12. The lowest BCUT2D eigenvalue weighted by molar-refractivity contribution is 0.100. The number of ether oxygens (including phenoxy) is 1. The molecule has 1 unspecified atom stereocenters. The molecule has 4 aromatic rings. The summed E-state index contributed by atoms with van der Waals surface area (Å²) in [5.74, 6) is 0.253. The van der Waals surface area contributed by atoms with Crippen molar-refractivity contribution in [1.82, 2.24) is 4.57 Å². The lowest BCUT2D eigenvalue weighted by Crippen LogP contribution is -2.24. The number of nitrogens with two attached hydrogens (primary N) is 2. The Morgan fingerprint density at radius 2 is 1.76 bits per heavy atom. The minimum atomic E-state index is -0.451. The molecule has 0 saturated carbocycles. The maximum Gasteiger partial charge on any atom is 0.280 e. The zero-order valence-corrected chi connectivity index (χ0v) is 15.7. The molecule has 1 aliphatic rings. The number of carbonyl (C=O) groups is 1. The van der Waals surface area contributed by atoms with Crippen molar-refractivity contribution in [2.45, 2.75) is 19.1 Å². The molecule has 0 aliphatic carbocycles. The molecule has 29 heavy (non-hydrogen) atoms. The number of hydrogen-bond donors (Lipinski definition) is 2. The molecule has 1 amide bonds. The van der Waals surface area contributed by atoms with Crippen LogP contribution in [-0.4, -0.2) is 22.5 Å². The Morgan fingerprint density at radius 3 is 2.59 bits per heavy atom. The second-order valence-electron chi connectivity index (χ2n) is 7.25. The summed E-state index contributed by atoms with van der Waals surface area (Å²) in [6.45, 7) is 0.679. The van der Waals surface area contributed by atoms with Gasteiger partial charge in [0.1, 0.15) is 11.9 Å². The van der Waals surface area contributed by atoms with Crippen molar-refractivity contribution in [1.29, 1.82) is 0 Å². The second-order valence-corrected chi connectivity index (χ2v) is 7.25. The number of amides is 1. The van der Waals surface area contributed by atoms with Gasteiger partial charge in [0.15, 0.2) is 5.96 Å². The minimum absolute atomic E-state index is 0.0310. The number of para-hydroxylation sites is 2. The summed E-state index contributed by atoms with van der Waals surface area (Å²) in [5, 5.41) is 2.22. The Balaban J connectivity index is 1.60. The topological polar surface area (TPSA) is 95.6 Å². The lowest BCUT2D eigenvalue weighted by atomic mass is 10.1. The van der Waals surface area contributed by atoms with Gasteiger partial charge in [0.05, 0.1) is 12.1 Å². The summed E-state index contributed by atoms with van der Waals surface area (Å²) < 4.78 is 8.38. The van der Waals surface area contributed by atoms with Gasteiger partial charge in [-0.2, -0.15) is 4.99 Å². The van der Waals surface area contributed by atoms with E-state index in [1.165, 1.54) is 5.56 Å². The monoisotopic (exact) mass is 384 g/mol. The summed E-state index contributed by atoms with van der Waals surface area (Å²) in [4.78, 5) is 16.0. The van der Waals surface area contributed by atoms with E-state index in [1.807, 2.05) is 42.5 Å². The predicted molar refractivity (Wildman–Crippen MR) is 114 cm³/mol. The van der Waals surface area contributed by atoms with E-state index in [1.54, 1.807) is 6.07 Å². The lowest BCUT2D eigenvalue weighted by Gasteiger charge is -2.14. The molecular formula is C23H20N4O2. The number of fused-ring (bicyclic) bond motifs is 4. The van der Waals surface area contributed by atoms with Gasteiger partial charge in [0, 0.05) is 28.3 Å². The van der Waals surface area contributed by atoms with Crippen LogP contribution in [0.3, 0.4) is 0 Å². The summed E-state index contributed by atoms with van der Waals surface area (Å²) in [5.41, 5.74) is 14.5. The molecule has 2 heterocycles. The maximum atomic E-state index is 12.3. The minimum Gasteiger partial charge on any atom is -0.488 e. The highest BCUT2D eigenvalue weighted by molar-refractivity contribution is 6.11. The Hall–Kier alpha value is -3.80. The van der Waals surface area contributed by atoms with Crippen molar-refractivity contribution in [3.63, 3.8) is 0 Å². The summed E-state index contributed by atoms with van der Waals surface area (Å²) in [7, 11) is 0. The third-order valence-electron chi connectivity index (χ3n) is 5.35. The van der Waals surface area contributed by atoms with Crippen LogP contribution in [0.1, 0.15) is 15.9 Å². The van der Waals surface area contributed by atoms with Crippen LogP contribution in [0.2, 0.25) is 0 Å². The molecule has 144 valence electrons. The molecular weight excluding hydrogens is 364 g/mol. The molecule has 1 atom stereocenters.